The Labute approximate surface area is 272 Å². The van der Waals surface area contributed by atoms with E-state index < -0.39 is 67.8 Å². The third-order valence-electron chi connectivity index (χ3n) is 7.71. The van der Waals surface area contributed by atoms with E-state index in [1.807, 2.05) is 0 Å². The number of rotatable bonds is 14. The summed E-state index contributed by atoms with van der Waals surface area (Å²) in [6.07, 6.45) is -0.107. The fourth-order valence-corrected chi connectivity index (χ4v) is 6.08. The minimum atomic E-state index is -4.65. The molecule has 0 saturated heterocycles. The molecule has 252 valence electrons. The molecule has 0 heterocycles. The monoisotopic (exact) mass is 709 g/mol. The zero-order valence-electron chi connectivity index (χ0n) is 24.2. The fraction of sp³-hybridized carbons (Fsp3) is 0.464. The molecule has 0 spiro atoms. The second kappa shape index (κ2) is 15.1. The van der Waals surface area contributed by atoms with Crippen molar-refractivity contribution >= 4 is 48.9 Å². The predicted molar refractivity (Wildman–Crippen MR) is 160 cm³/mol. The summed E-state index contributed by atoms with van der Waals surface area (Å²) >= 11 is 11.4. The Kier molecular flexibility index (Phi) is 11.7. The maximum atomic E-state index is 13.8. The Morgan fingerprint density at radius 3 is 1.96 bits per heavy atom. The van der Waals surface area contributed by atoms with E-state index in [-0.39, 0.29) is 47.5 Å². The van der Waals surface area contributed by atoms with Crippen LogP contribution in [0.15, 0.2) is 36.4 Å². The zero-order valence-corrected chi connectivity index (χ0v) is 26.6. The van der Waals surface area contributed by atoms with E-state index >= 15 is 0 Å². The number of hydrogen-bond donors (Lipinski definition) is 5. The summed E-state index contributed by atoms with van der Waals surface area (Å²) in [5.41, 5.74) is -1.83. The van der Waals surface area contributed by atoms with Gasteiger partial charge in [0.2, 0.25) is 0 Å². The highest BCUT2D eigenvalue weighted by Gasteiger charge is 2.57. The van der Waals surface area contributed by atoms with E-state index in [0.29, 0.717) is 25.7 Å². The number of carbonyl (C=O) groups excluding carboxylic acids is 3. The fourth-order valence-electron chi connectivity index (χ4n) is 5.48. The predicted octanol–water partition coefficient (Wildman–Crippen LogP) is 4.01. The first-order valence-corrected chi connectivity index (χ1v) is 16.4. The smallest absolute Gasteiger partial charge is 0.469 e. The number of amides is 3. The van der Waals surface area contributed by atoms with Crippen molar-refractivity contribution in [3.63, 3.8) is 0 Å². The van der Waals surface area contributed by atoms with Crippen LogP contribution in [0.1, 0.15) is 38.5 Å². The molecule has 18 heteroatoms. The van der Waals surface area contributed by atoms with E-state index in [0.717, 1.165) is 12.1 Å². The van der Waals surface area contributed by atoms with Gasteiger partial charge in [-0.25, -0.2) is 18.1 Å². The molecule has 0 unspecified atom stereocenters. The summed E-state index contributed by atoms with van der Waals surface area (Å²) in [6.45, 7) is -1.23. The van der Waals surface area contributed by atoms with Crippen LogP contribution < -0.4 is 25.4 Å². The van der Waals surface area contributed by atoms with Gasteiger partial charge in [-0.2, -0.15) is 0 Å². The highest BCUT2D eigenvalue weighted by Crippen LogP contribution is 2.48. The number of fused-ring (bicyclic) bond motifs is 3. The number of carbonyl (C=O) groups is 3. The second-order valence-electron chi connectivity index (χ2n) is 11.0. The molecule has 5 rings (SSSR count). The van der Waals surface area contributed by atoms with Gasteiger partial charge in [0.25, 0.3) is 11.8 Å². The highest BCUT2D eigenvalue weighted by atomic mass is 35.5. The number of phosphoric ester groups is 1. The van der Waals surface area contributed by atoms with Crippen LogP contribution in [-0.4, -0.2) is 71.2 Å². The first-order chi connectivity index (χ1) is 21.7. The summed E-state index contributed by atoms with van der Waals surface area (Å²) in [5.74, 6) is -2.27. The quantitative estimate of drug-likeness (QED) is 0.142. The van der Waals surface area contributed by atoms with Gasteiger partial charge in [-0.1, -0.05) is 23.2 Å². The van der Waals surface area contributed by atoms with E-state index in [2.05, 4.69) is 20.5 Å². The molecule has 3 saturated carbocycles. The molecule has 2 aromatic carbocycles. The molecule has 5 N–H and O–H groups in total. The SMILES string of the molecule is O=C(COc1ccc(Cl)c(F)c1)NC12CCC(NC(=O)COc3ccc(Cl)c(F)c3)(CC1)[C@H](OC(=O)NCCCOP(=O)(O)O)C2. The van der Waals surface area contributed by atoms with Gasteiger partial charge in [0.15, 0.2) is 13.2 Å². The molecule has 3 amide bonds. The van der Waals surface area contributed by atoms with Crippen LogP contribution in [0.2, 0.25) is 10.0 Å². The Bertz CT molecular complexity index is 1490. The number of benzene rings is 2. The summed E-state index contributed by atoms with van der Waals surface area (Å²) in [4.78, 5) is 56.2. The van der Waals surface area contributed by atoms with Crippen LogP contribution in [-0.2, 0) is 23.4 Å². The maximum Gasteiger partial charge on any atom is 0.469 e. The minimum Gasteiger partial charge on any atom is -0.484 e. The van der Waals surface area contributed by atoms with Crippen molar-refractivity contribution in [3.8, 4) is 11.5 Å². The number of ether oxygens (including phenoxy) is 3. The van der Waals surface area contributed by atoms with Gasteiger partial charge < -0.3 is 39.9 Å². The number of halogens is 4. The molecule has 0 aromatic heterocycles. The third-order valence-corrected chi connectivity index (χ3v) is 8.84. The Morgan fingerprint density at radius 1 is 0.891 bits per heavy atom. The highest BCUT2D eigenvalue weighted by molar-refractivity contribution is 7.46. The number of hydrogen-bond acceptors (Lipinski definition) is 8. The lowest BCUT2D eigenvalue weighted by Crippen LogP contribution is -2.71. The van der Waals surface area contributed by atoms with Crippen molar-refractivity contribution in [2.45, 2.75) is 55.7 Å². The van der Waals surface area contributed by atoms with Gasteiger partial charge in [0.1, 0.15) is 29.2 Å². The average Bonchev–Trinajstić information content (AvgIpc) is 2.98. The molecule has 2 bridgehead atoms. The van der Waals surface area contributed by atoms with E-state index in [4.69, 9.17) is 47.2 Å². The molecular weight excluding hydrogens is 678 g/mol. The normalized spacial score (nSPS) is 22.1. The average molecular weight is 710 g/mol. The van der Waals surface area contributed by atoms with Crippen molar-refractivity contribution < 1.29 is 56.3 Å². The van der Waals surface area contributed by atoms with Crippen molar-refractivity contribution in [3.05, 3.63) is 58.1 Å². The van der Waals surface area contributed by atoms with Crippen LogP contribution in [0, 0.1) is 11.6 Å². The molecule has 13 nitrogen and oxygen atoms in total. The Hall–Kier alpha value is -3.20. The Balaban J connectivity index is 1.39. The van der Waals surface area contributed by atoms with Gasteiger partial charge in [-0.05, 0) is 56.4 Å². The van der Waals surface area contributed by atoms with E-state index in [9.17, 15) is 27.7 Å². The lowest BCUT2D eigenvalue weighted by atomic mass is 9.59. The maximum absolute atomic E-state index is 13.8. The van der Waals surface area contributed by atoms with Crippen LogP contribution >= 0.6 is 31.0 Å². The van der Waals surface area contributed by atoms with Gasteiger partial charge >= 0.3 is 13.9 Å². The largest absolute Gasteiger partial charge is 0.484 e. The summed E-state index contributed by atoms with van der Waals surface area (Å²) in [6, 6.07) is 7.52. The van der Waals surface area contributed by atoms with Gasteiger partial charge in [0, 0.05) is 30.6 Å². The lowest BCUT2D eigenvalue weighted by Gasteiger charge is -2.57. The number of alkyl carbamates (subject to hydrolysis) is 1. The van der Waals surface area contributed by atoms with Crippen molar-refractivity contribution in [2.75, 3.05) is 26.4 Å². The van der Waals surface area contributed by atoms with Gasteiger partial charge in [0.05, 0.1) is 22.2 Å². The topological polar surface area (TPSA) is 182 Å². The second-order valence-corrected chi connectivity index (χ2v) is 13.0. The standard InChI is InChI=1S/C28H32Cl2F2N3O10P/c29-19-4-2-17(12-21(19)31)42-15-24(36)34-27-6-8-28(9-7-27,35-25(37)16-43-18-3-5-20(30)22(32)13-18)23(14-27)45-26(38)33-10-1-11-44-46(39,40)41/h2-5,12-13,23H,1,6-11,14-16H2,(H,33,38)(H,34,36)(H,35,37)(H2,39,40,41)/t23-,27?,28?/m1/s1. The molecule has 46 heavy (non-hydrogen) atoms. The van der Waals surface area contributed by atoms with Crippen molar-refractivity contribution in [2.24, 2.45) is 0 Å². The summed E-state index contributed by atoms with van der Waals surface area (Å²) in [5, 5.41) is 8.15. The van der Waals surface area contributed by atoms with Gasteiger partial charge in [-0.3, -0.25) is 14.1 Å². The Morgan fingerprint density at radius 2 is 1.43 bits per heavy atom. The zero-order chi connectivity index (χ0) is 33.5. The molecule has 0 aliphatic heterocycles. The number of nitrogens with one attached hydrogen (secondary N) is 3. The molecule has 0 radical (unpaired) electrons. The van der Waals surface area contributed by atoms with Gasteiger partial charge in [-0.15, -0.1) is 0 Å². The molecule has 3 fully saturated rings. The lowest BCUT2D eigenvalue weighted by molar-refractivity contribution is -0.137. The first kappa shape index (κ1) is 35.7. The molecule has 3 aliphatic carbocycles. The third kappa shape index (κ3) is 9.90. The molecule has 1 atom stereocenters. The van der Waals surface area contributed by atoms with Crippen LogP contribution in [0.25, 0.3) is 0 Å². The van der Waals surface area contributed by atoms with Crippen LogP contribution in [0.4, 0.5) is 13.6 Å². The summed E-state index contributed by atoms with van der Waals surface area (Å²) in [7, 11) is -4.65. The molecule has 2 aromatic rings. The van der Waals surface area contributed by atoms with Crippen molar-refractivity contribution in [1.29, 1.82) is 0 Å². The molecular formula is C28H32Cl2F2N3O10P. The van der Waals surface area contributed by atoms with Crippen LogP contribution in [0.3, 0.4) is 0 Å². The minimum absolute atomic E-state index is 0.0269. The van der Waals surface area contributed by atoms with E-state index in [1.54, 1.807) is 0 Å². The van der Waals surface area contributed by atoms with E-state index in [1.165, 1.54) is 24.3 Å². The summed E-state index contributed by atoms with van der Waals surface area (Å²) < 4.78 is 59.2. The number of phosphoric acid groups is 1. The van der Waals surface area contributed by atoms with Crippen molar-refractivity contribution in [1.82, 2.24) is 16.0 Å². The molecule has 3 aliphatic rings. The first-order valence-electron chi connectivity index (χ1n) is 14.1. The van der Waals surface area contributed by atoms with Crippen LogP contribution in [0.5, 0.6) is 11.5 Å².